The molecule has 4 aromatic carbocycles. The molecule has 0 spiro atoms. The summed E-state index contributed by atoms with van der Waals surface area (Å²) in [5.74, 6) is 0.957. The number of hydrogen-bond acceptors (Lipinski definition) is 0. The van der Waals surface area contributed by atoms with Crippen molar-refractivity contribution in [2.45, 2.75) is 130 Å². The standard InChI is InChI=1S/C46H58N2/c1-31(2)39-17-13-15-33(5)41(39)47-29-45(11,27-43(47,7)8)37-23-19-35(20-24-37)36-21-25-38(26-22-36)46(12)28-44(9,10)48(30-46)42-34(6)16-14-18-40(42)32(3)4/h13-26,29-32H,27-28H2,1-12H3/q+2/t45-,46+. The van der Waals surface area contributed by atoms with Crippen molar-refractivity contribution in [3.05, 3.63) is 118 Å². The fourth-order valence-electron chi connectivity index (χ4n) is 9.11. The first kappa shape index (κ1) is 34.1. The molecule has 6 rings (SSSR count). The highest BCUT2D eigenvalue weighted by Crippen LogP contribution is 2.46. The molecule has 48 heavy (non-hydrogen) atoms. The van der Waals surface area contributed by atoms with E-state index in [1.165, 1.54) is 55.9 Å². The largest absolute Gasteiger partial charge is 0.211 e. The normalized spacial score (nSPS) is 23.1. The Hall–Kier alpha value is -3.78. The summed E-state index contributed by atoms with van der Waals surface area (Å²) in [6, 6.07) is 32.3. The minimum Gasteiger partial charge on any atom is -0.197 e. The molecule has 0 fully saturated rings. The third kappa shape index (κ3) is 5.90. The van der Waals surface area contributed by atoms with Gasteiger partial charge in [-0.3, -0.25) is 0 Å². The van der Waals surface area contributed by atoms with Crippen LogP contribution in [-0.4, -0.2) is 32.7 Å². The maximum Gasteiger partial charge on any atom is 0.211 e. The van der Waals surface area contributed by atoms with Gasteiger partial charge in [0.2, 0.25) is 11.4 Å². The van der Waals surface area contributed by atoms with Gasteiger partial charge in [0, 0.05) is 62.8 Å². The molecule has 2 heteroatoms. The average molecular weight is 639 g/mol. The van der Waals surface area contributed by atoms with Gasteiger partial charge in [-0.05, 0) is 61.8 Å². The Balaban J connectivity index is 1.29. The monoisotopic (exact) mass is 638 g/mol. The fourth-order valence-corrected chi connectivity index (χ4v) is 9.11. The zero-order chi connectivity index (χ0) is 34.8. The Labute approximate surface area is 291 Å². The smallest absolute Gasteiger partial charge is 0.197 e. The van der Waals surface area contributed by atoms with Crippen molar-refractivity contribution in [3.63, 3.8) is 0 Å². The molecule has 0 radical (unpaired) electrons. The molecule has 0 unspecified atom stereocenters. The van der Waals surface area contributed by atoms with Crippen molar-refractivity contribution in [2.24, 2.45) is 0 Å². The van der Waals surface area contributed by atoms with E-state index in [0.717, 1.165) is 12.8 Å². The van der Waals surface area contributed by atoms with Gasteiger partial charge >= 0.3 is 0 Å². The van der Waals surface area contributed by atoms with Crippen LogP contribution in [0.25, 0.3) is 11.1 Å². The molecule has 0 amide bonds. The third-order valence-electron chi connectivity index (χ3n) is 11.4. The van der Waals surface area contributed by atoms with E-state index >= 15 is 0 Å². The van der Waals surface area contributed by atoms with Gasteiger partial charge in [0.05, 0.1) is 10.8 Å². The van der Waals surface area contributed by atoms with E-state index in [2.05, 4.69) is 190 Å². The van der Waals surface area contributed by atoms with Crippen molar-refractivity contribution in [1.82, 2.24) is 0 Å². The van der Waals surface area contributed by atoms with Crippen molar-refractivity contribution in [3.8, 4) is 11.1 Å². The van der Waals surface area contributed by atoms with Gasteiger partial charge in [-0.15, -0.1) is 0 Å². The summed E-state index contributed by atoms with van der Waals surface area (Å²) in [6.45, 7) is 28.2. The zero-order valence-corrected chi connectivity index (χ0v) is 31.7. The van der Waals surface area contributed by atoms with Crippen LogP contribution in [0.5, 0.6) is 0 Å². The predicted molar refractivity (Wildman–Crippen MR) is 206 cm³/mol. The quantitative estimate of drug-likeness (QED) is 0.178. The van der Waals surface area contributed by atoms with Crippen LogP contribution >= 0.6 is 0 Å². The van der Waals surface area contributed by atoms with Crippen LogP contribution in [0.15, 0.2) is 84.9 Å². The van der Waals surface area contributed by atoms with Gasteiger partial charge in [0.1, 0.15) is 0 Å². The summed E-state index contributed by atoms with van der Waals surface area (Å²) in [7, 11) is 0. The molecule has 2 heterocycles. The Kier molecular flexibility index (Phi) is 8.50. The van der Waals surface area contributed by atoms with Crippen LogP contribution in [0.2, 0.25) is 0 Å². The first-order chi connectivity index (χ1) is 22.5. The Morgan fingerprint density at radius 1 is 0.479 bits per heavy atom. The molecule has 0 N–H and O–H groups in total. The molecule has 2 aliphatic rings. The highest BCUT2D eigenvalue weighted by molar-refractivity contribution is 5.76. The molecule has 2 aliphatic heterocycles. The van der Waals surface area contributed by atoms with E-state index in [1.807, 2.05) is 0 Å². The SMILES string of the molecule is Cc1cccc(C(C)C)c1[N+]1=C[C@](C)(c2ccc(-c3ccc([C@]4(C)C=[N+](c5c(C)cccc5C(C)C)C(C)(C)C4)cc3)cc2)CC1(C)C. The molecule has 0 bridgehead atoms. The molecular formula is C46H58N2+2. The van der Waals surface area contributed by atoms with Crippen molar-refractivity contribution in [2.75, 3.05) is 0 Å². The first-order valence-corrected chi connectivity index (χ1v) is 18.2. The summed E-state index contributed by atoms with van der Waals surface area (Å²) in [6.07, 6.45) is 7.17. The lowest BCUT2D eigenvalue weighted by atomic mass is 9.76. The summed E-state index contributed by atoms with van der Waals surface area (Å²) in [5, 5.41) is 0. The van der Waals surface area contributed by atoms with Crippen LogP contribution in [0.4, 0.5) is 11.4 Å². The first-order valence-electron chi connectivity index (χ1n) is 18.2. The van der Waals surface area contributed by atoms with Crippen LogP contribution in [0.3, 0.4) is 0 Å². The number of rotatable bonds is 7. The minimum atomic E-state index is -0.0411. The van der Waals surface area contributed by atoms with Crippen LogP contribution in [0, 0.1) is 13.8 Å². The molecule has 0 aliphatic carbocycles. The molecule has 250 valence electrons. The topological polar surface area (TPSA) is 6.02 Å². The summed E-state index contributed by atoms with van der Waals surface area (Å²) < 4.78 is 5.16. The second kappa shape index (κ2) is 12.0. The lowest BCUT2D eigenvalue weighted by Gasteiger charge is -2.24. The van der Waals surface area contributed by atoms with Gasteiger partial charge in [-0.25, -0.2) is 0 Å². The lowest BCUT2D eigenvalue weighted by Crippen LogP contribution is -2.31. The molecular weight excluding hydrogens is 581 g/mol. The molecule has 0 saturated carbocycles. The zero-order valence-electron chi connectivity index (χ0n) is 31.7. The van der Waals surface area contributed by atoms with Crippen molar-refractivity contribution >= 4 is 23.8 Å². The Morgan fingerprint density at radius 3 is 1.12 bits per heavy atom. The number of aryl methyl sites for hydroxylation is 2. The molecule has 0 aromatic heterocycles. The maximum atomic E-state index is 2.58. The third-order valence-corrected chi connectivity index (χ3v) is 11.4. The Bertz CT molecular complexity index is 1760. The van der Waals surface area contributed by atoms with E-state index in [0.29, 0.717) is 11.8 Å². The van der Waals surface area contributed by atoms with Crippen molar-refractivity contribution < 1.29 is 9.15 Å². The van der Waals surface area contributed by atoms with Crippen LogP contribution in [0.1, 0.15) is 127 Å². The Morgan fingerprint density at radius 2 is 0.812 bits per heavy atom. The van der Waals surface area contributed by atoms with Crippen molar-refractivity contribution in [1.29, 1.82) is 0 Å². The number of hydrogen-bond donors (Lipinski definition) is 0. The van der Waals surface area contributed by atoms with E-state index in [4.69, 9.17) is 0 Å². The van der Waals surface area contributed by atoms with Gasteiger partial charge < -0.3 is 0 Å². The molecule has 2 atom stereocenters. The maximum absolute atomic E-state index is 2.58. The lowest BCUT2D eigenvalue weighted by molar-refractivity contribution is -0.513. The highest BCUT2D eigenvalue weighted by atomic mass is 15.1. The molecule has 2 nitrogen and oxygen atoms in total. The summed E-state index contributed by atoms with van der Waals surface area (Å²) >= 11 is 0. The second-order valence-corrected chi connectivity index (χ2v) is 17.3. The minimum absolute atomic E-state index is 0.0199. The number of nitrogens with zero attached hydrogens (tertiary/aromatic N) is 2. The van der Waals surface area contributed by atoms with Crippen LogP contribution < -0.4 is 0 Å². The summed E-state index contributed by atoms with van der Waals surface area (Å²) in [5.41, 5.74) is 13.6. The predicted octanol–water partition coefficient (Wildman–Crippen LogP) is 11.9. The van der Waals surface area contributed by atoms with Gasteiger partial charge in [-0.2, -0.15) is 9.15 Å². The highest BCUT2D eigenvalue weighted by Gasteiger charge is 2.51. The fraction of sp³-hybridized carbons (Fsp3) is 0.435. The van der Waals surface area contributed by atoms with Gasteiger partial charge in [0.15, 0.2) is 23.5 Å². The molecule has 4 aromatic rings. The summed E-state index contributed by atoms with van der Waals surface area (Å²) in [4.78, 5) is 0. The average Bonchev–Trinajstić information content (AvgIpc) is 3.43. The van der Waals surface area contributed by atoms with Gasteiger partial charge in [0.25, 0.3) is 0 Å². The van der Waals surface area contributed by atoms with E-state index in [1.54, 1.807) is 0 Å². The van der Waals surface area contributed by atoms with E-state index in [-0.39, 0.29) is 21.9 Å². The number of para-hydroxylation sites is 2. The van der Waals surface area contributed by atoms with Crippen LogP contribution in [-0.2, 0) is 10.8 Å². The van der Waals surface area contributed by atoms with Gasteiger partial charge in [-0.1, -0.05) is 113 Å². The van der Waals surface area contributed by atoms with E-state index < -0.39 is 0 Å². The molecule has 0 saturated heterocycles. The number of benzene rings is 4. The second-order valence-electron chi connectivity index (χ2n) is 17.3. The van der Waals surface area contributed by atoms with E-state index in [9.17, 15) is 0 Å².